The molecule has 0 saturated carbocycles. The molecule has 0 fully saturated rings. The topological polar surface area (TPSA) is 51.8 Å². The molecule has 0 unspecified atom stereocenters. The first kappa shape index (κ1) is 10.6. The molecule has 5 heteroatoms. The van der Waals surface area contributed by atoms with Crippen molar-refractivity contribution in [2.24, 2.45) is 0 Å². The van der Waals surface area contributed by atoms with Crippen LogP contribution in [0.1, 0.15) is 10.6 Å². The maximum Gasteiger partial charge on any atom is 0.171 e. The van der Waals surface area contributed by atoms with E-state index in [0.29, 0.717) is 11.6 Å². The van der Waals surface area contributed by atoms with E-state index < -0.39 is 0 Å². The van der Waals surface area contributed by atoms with Crippen molar-refractivity contribution in [3.8, 4) is 10.7 Å². The molecule has 0 bridgehead atoms. The Kier molecular flexibility index (Phi) is 2.75. The molecule has 2 aromatic rings. The third kappa shape index (κ3) is 2.18. The van der Waals surface area contributed by atoms with Gasteiger partial charge < -0.3 is 5.73 Å². The molecule has 2 N–H and O–H groups in total. The Labute approximate surface area is 101 Å². The average molecular weight is 284 g/mol. The summed E-state index contributed by atoms with van der Waals surface area (Å²) in [4.78, 5) is 10.8. The zero-order chi connectivity index (χ0) is 11.0. The van der Waals surface area contributed by atoms with E-state index in [1.165, 1.54) is 4.88 Å². The van der Waals surface area contributed by atoms with Crippen molar-refractivity contribution >= 4 is 33.1 Å². The number of hydrogen-bond acceptors (Lipinski definition) is 4. The number of halogens is 1. The fraction of sp³-hybridized carbons (Fsp3) is 0.200. The van der Waals surface area contributed by atoms with Crippen molar-refractivity contribution in [1.82, 2.24) is 9.97 Å². The lowest BCUT2D eigenvalue weighted by molar-refractivity contribution is 1.13. The smallest absolute Gasteiger partial charge is 0.171 e. The third-order valence-electron chi connectivity index (χ3n) is 1.95. The van der Waals surface area contributed by atoms with E-state index in [-0.39, 0.29) is 0 Å². The molecule has 0 aliphatic rings. The van der Waals surface area contributed by atoms with E-state index in [4.69, 9.17) is 5.73 Å². The van der Waals surface area contributed by atoms with E-state index in [9.17, 15) is 0 Å². The molecule has 0 amide bonds. The van der Waals surface area contributed by atoms with E-state index in [1.807, 2.05) is 13.0 Å². The molecular formula is C10H10BrN3S. The molecule has 0 aromatic carbocycles. The van der Waals surface area contributed by atoms with Gasteiger partial charge in [0.25, 0.3) is 0 Å². The maximum absolute atomic E-state index is 5.68. The summed E-state index contributed by atoms with van der Waals surface area (Å²) in [7, 11) is 0. The highest BCUT2D eigenvalue weighted by atomic mass is 79.9. The van der Waals surface area contributed by atoms with Crippen LogP contribution in [0.15, 0.2) is 16.6 Å². The minimum atomic E-state index is 0.514. The fourth-order valence-electron chi connectivity index (χ4n) is 1.27. The quantitative estimate of drug-likeness (QED) is 0.875. The van der Waals surface area contributed by atoms with Crippen LogP contribution in [0, 0.1) is 13.8 Å². The second kappa shape index (κ2) is 3.90. The average Bonchev–Trinajstić information content (AvgIpc) is 2.45. The summed E-state index contributed by atoms with van der Waals surface area (Å²) in [6, 6.07) is 3.78. The summed E-state index contributed by atoms with van der Waals surface area (Å²) in [6.07, 6.45) is 0. The number of aryl methyl sites for hydroxylation is 2. The fourth-order valence-corrected chi connectivity index (χ4v) is 2.74. The molecule has 3 nitrogen and oxygen atoms in total. The van der Waals surface area contributed by atoms with Crippen LogP contribution in [0.5, 0.6) is 0 Å². The van der Waals surface area contributed by atoms with Gasteiger partial charge in [0.05, 0.1) is 4.88 Å². The SMILES string of the molecule is Cc1cc(N)nc(-c2cc(Br)c(C)s2)n1. The summed E-state index contributed by atoms with van der Waals surface area (Å²) in [6.45, 7) is 3.97. The van der Waals surface area contributed by atoms with Gasteiger partial charge in [-0.3, -0.25) is 0 Å². The number of hydrogen-bond donors (Lipinski definition) is 1. The van der Waals surface area contributed by atoms with Crippen molar-refractivity contribution in [3.05, 3.63) is 27.2 Å². The van der Waals surface area contributed by atoms with Gasteiger partial charge in [-0.25, -0.2) is 9.97 Å². The van der Waals surface area contributed by atoms with E-state index in [2.05, 4.69) is 32.8 Å². The Morgan fingerprint density at radius 1 is 1.27 bits per heavy atom. The summed E-state index contributed by atoms with van der Waals surface area (Å²) >= 11 is 5.13. The van der Waals surface area contributed by atoms with Crippen LogP contribution >= 0.6 is 27.3 Å². The lowest BCUT2D eigenvalue weighted by atomic mass is 10.3. The second-order valence-electron chi connectivity index (χ2n) is 3.27. The predicted octanol–water partition coefficient (Wildman–Crippen LogP) is 3.17. The van der Waals surface area contributed by atoms with Crippen molar-refractivity contribution in [2.45, 2.75) is 13.8 Å². The van der Waals surface area contributed by atoms with Gasteiger partial charge in [0.1, 0.15) is 5.82 Å². The largest absolute Gasteiger partial charge is 0.384 e. The summed E-state index contributed by atoms with van der Waals surface area (Å²) in [5, 5.41) is 0. The number of thiophene rings is 1. The molecule has 0 radical (unpaired) electrons. The van der Waals surface area contributed by atoms with Crippen LogP contribution < -0.4 is 5.73 Å². The van der Waals surface area contributed by atoms with Gasteiger partial charge in [-0.1, -0.05) is 0 Å². The zero-order valence-electron chi connectivity index (χ0n) is 8.41. The third-order valence-corrected chi connectivity index (χ3v) is 4.08. The van der Waals surface area contributed by atoms with Crippen LogP contribution in [0.25, 0.3) is 10.7 Å². The zero-order valence-corrected chi connectivity index (χ0v) is 10.8. The number of nitrogens with zero attached hydrogens (tertiary/aromatic N) is 2. The second-order valence-corrected chi connectivity index (χ2v) is 5.38. The number of aromatic nitrogens is 2. The van der Waals surface area contributed by atoms with Gasteiger partial charge in [0.15, 0.2) is 5.82 Å². The number of nitrogen functional groups attached to an aromatic ring is 1. The molecule has 78 valence electrons. The summed E-state index contributed by atoms with van der Waals surface area (Å²) in [5.41, 5.74) is 6.57. The molecule has 2 rings (SSSR count). The molecule has 0 spiro atoms. The molecule has 0 atom stereocenters. The van der Waals surface area contributed by atoms with Crippen molar-refractivity contribution in [2.75, 3.05) is 5.73 Å². The van der Waals surface area contributed by atoms with Gasteiger partial charge in [-0.15, -0.1) is 11.3 Å². The summed E-state index contributed by atoms with van der Waals surface area (Å²) < 4.78 is 1.09. The normalized spacial score (nSPS) is 10.6. The Morgan fingerprint density at radius 2 is 2.00 bits per heavy atom. The molecular weight excluding hydrogens is 274 g/mol. The molecule has 0 saturated heterocycles. The lowest BCUT2D eigenvalue weighted by Crippen LogP contribution is -1.96. The van der Waals surface area contributed by atoms with E-state index in [1.54, 1.807) is 17.4 Å². The Bertz CT molecular complexity index is 468. The van der Waals surface area contributed by atoms with Crippen LogP contribution in [-0.2, 0) is 0 Å². The highest BCUT2D eigenvalue weighted by molar-refractivity contribution is 9.10. The Balaban J connectivity index is 2.53. The van der Waals surface area contributed by atoms with Crippen molar-refractivity contribution in [1.29, 1.82) is 0 Å². The van der Waals surface area contributed by atoms with Crippen molar-refractivity contribution in [3.63, 3.8) is 0 Å². The first-order valence-electron chi connectivity index (χ1n) is 4.44. The monoisotopic (exact) mass is 283 g/mol. The maximum atomic E-state index is 5.68. The molecule has 15 heavy (non-hydrogen) atoms. The minimum absolute atomic E-state index is 0.514. The standard InChI is InChI=1S/C10H10BrN3S/c1-5-3-9(12)14-10(13-5)8-4-7(11)6(2)15-8/h3-4H,1-2H3,(H2,12,13,14). The van der Waals surface area contributed by atoms with Gasteiger partial charge in [-0.05, 0) is 35.8 Å². The first-order valence-corrected chi connectivity index (χ1v) is 6.04. The van der Waals surface area contributed by atoms with Crippen LogP contribution in [0.3, 0.4) is 0 Å². The Hall–Kier alpha value is -0.940. The number of anilines is 1. The number of rotatable bonds is 1. The minimum Gasteiger partial charge on any atom is -0.384 e. The molecule has 2 aromatic heterocycles. The molecule has 0 aliphatic heterocycles. The van der Waals surface area contributed by atoms with Crippen molar-refractivity contribution < 1.29 is 0 Å². The van der Waals surface area contributed by atoms with E-state index in [0.717, 1.165) is 15.0 Å². The Morgan fingerprint density at radius 3 is 2.53 bits per heavy atom. The highest BCUT2D eigenvalue weighted by Crippen LogP contribution is 2.32. The van der Waals surface area contributed by atoms with Gasteiger partial charge >= 0.3 is 0 Å². The number of nitrogens with two attached hydrogens (primary N) is 1. The molecule has 0 aliphatic carbocycles. The van der Waals surface area contributed by atoms with Crippen LogP contribution in [0.2, 0.25) is 0 Å². The predicted molar refractivity (Wildman–Crippen MR) is 66.9 cm³/mol. The van der Waals surface area contributed by atoms with Gasteiger partial charge in [-0.2, -0.15) is 0 Å². The summed E-state index contributed by atoms with van der Waals surface area (Å²) in [5.74, 6) is 1.21. The lowest BCUT2D eigenvalue weighted by Gasteiger charge is -1.99. The van der Waals surface area contributed by atoms with Crippen LogP contribution in [0.4, 0.5) is 5.82 Å². The highest BCUT2D eigenvalue weighted by Gasteiger charge is 2.08. The van der Waals surface area contributed by atoms with Gasteiger partial charge in [0, 0.05) is 21.1 Å². The van der Waals surface area contributed by atoms with Gasteiger partial charge in [0.2, 0.25) is 0 Å². The first-order chi connectivity index (χ1) is 7.06. The van der Waals surface area contributed by atoms with E-state index >= 15 is 0 Å². The molecule has 2 heterocycles. The van der Waals surface area contributed by atoms with Crippen LogP contribution in [-0.4, -0.2) is 9.97 Å².